The Kier molecular flexibility index (Phi) is 4.39. The number of nitrogens with one attached hydrogen (secondary N) is 1. The zero-order valence-corrected chi connectivity index (χ0v) is 12.2. The third-order valence-corrected chi connectivity index (χ3v) is 3.22. The third kappa shape index (κ3) is 3.68. The van der Waals surface area contributed by atoms with Crippen molar-refractivity contribution in [3.05, 3.63) is 57.3 Å². The van der Waals surface area contributed by atoms with E-state index < -0.39 is 0 Å². The molecule has 0 fully saturated rings. The van der Waals surface area contributed by atoms with E-state index in [2.05, 4.69) is 20.9 Å². The van der Waals surface area contributed by atoms with E-state index in [0.717, 1.165) is 10.0 Å². The van der Waals surface area contributed by atoms with Crippen LogP contribution in [0.1, 0.15) is 11.1 Å². The lowest BCUT2D eigenvalue weighted by molar-refractivity contribution is 0.305. The van der Waals surface area contributed by atoms with Gasteiger partial charge in [0, 0.05) is 26.8 Å². The fraction of sp³-hybridized carbons (Fsp3) is 0.0769. The lowest BCUT2D eigenvalue weighted by Gasteiger charge is -2.09. The molecule has 2 aromatic rings. The summed E-state index contributed by atoms with van der Waals surface area (Å²) in [4.78, 5) is 4.01. The van der Waals surface area contributed by atoms with Gasteiger partial charge in [-0.05, 0) is 28.1 Å². The Morgan fingerprint density at radius 2 is 2.16 bits per heavy atom. The molecule has 0 saturated heterocycles. The smallest absolute Gasteiger partial charge is 0.139 e. The van der Waals surface area contributed by atoms with Crippen molar-refractivity contribution in [3.63, 3.8) is 0 Å². The Morgan fingerprint density at radius 3 is 2.79 bits per heavy atom. The highest BCUT2D eigenvalue weighted by Crippen LogP contribution is 2.21. The van der Waals surface area contributed by atoms with Gasteiger partial charge in [-0.25, -0.2) is 0 Å². The molecule has 0 bridgehead atoms. The van der Waals surface area contributed by atoms with Crippen LogP contribution in [-0.4, -0.2) is 10.8 Å². The zero-order valence-electron chi connectivity index (χ0n) is 9.86. The number of nitrogens with two attached hydrogens (primary N) is 1. The molecule has 0 radical (unpaired) electrons. The topological polar surface area (TPSA) is 72.0 Å². The molecule has 0 aliphatic rings. The van der Waals surface area contributed by atoms with Gasteiger partial charge in [0.2, 0.25) is 0 Å². The van der Waals surface area contributed by atoms with Crippen LogP contribution in [0.15, 0.2) is 41.1 Å². The molecule has 1 heterocycles. The molecule has 0 saturated carbocycles. The summed E-state index contributed by atoms with van der Waals surface area (Å²) >= 11 is 9.44. The predicted octanol–water partition coefficient (Wildman–Crippen LogP) is 3.36. The Hall–Kier alpha value is -1.59. The number of pyridine rings is 1. The normalized spacial score (nSPS) is 10.2. The lowest BCUT2D eigenvalue weighted by atomic mass is 10.1. The van der Waals surface area contributed by atoms with Gasteiger partial charge in [-0.1, -0.05) is 23.7 Å². The molecule has 1 aromatic carbocycles. The standard InChI is InChI=1S/C13H11BrClN3O/c14-10-4-11(6-18-5-10)19-7-9-2-1-8(13(16)17)3-12(9)15/h1-6H,7H2,(H3,16,17). The van der Waals surface area contributed by atoms with E-state index in [1.807, 2.05) is 6.07 Å². The number of halogens is 2. The molecule has 4 nitrogen and oxygen atoms in total. The van der Waals surface area contributed by atoms with Gasteiger partial charge in [0.1, 0.15) is 18.2 Å². The van der Waals surface area contributed by atoms with Crippen LogP contribution in [0.2, 0.25) is 5.02 Å². The largest absolute Gasteiger partial charge is 0.487 e. The van der Waals surface area contributed by atoms with Crippen molar-refractivity contribution < 1.29 is 4.74 Å². The number of nitrogen functional groups attached to an aromatic ring is 1. The maximum absolute atomic E-state index is 7.34. The van der Waals surface area contributed by atoms with E-state index in [1.165, 1.54) is 0 Å². The third-order valence-electron chi connectivity index (χ3n) is 2.44. The second-order valence-corrected chi connectivity index (χ2v) is 5.17. The van der Waals surface area contributed by atoms with Crippen LogP contribution in [0.25, 0.3) is 0 Å². The summed E-state index contributed by atoms with van der Waals surface area (Å²) in [6.07, 6.45) is 3.31. The van der Waals surface area contributed by atoms with E-state index >= 15 is 0 Å². The van der Waals surface area contributed by atoms with Crippen molar-refractivity contribution in [2.45, 2.75) is 6.61 Å². The fourth-order valence-corrected chi connectivity index (χ4v) is 2.04. The van der Waals surface area contributed by atoms with Gasteiger partial charge in [0.05, 0.1) is 6.20 Å². The molecule has 98 valence electrons. The van der Waals surface area contributed by atoms with Gasteiger partial charge in [-0.2, -0.15) is 0 Å². The molecule has 0 aliphatic heterocycles. The van der Waals surface area contributed by atoms with Gasteiger partial charge >= 0.3 is 0 Å². The van der Waals surface area contributed by atoms with Crippen molar-refractivity contribution in [1.82, 2.24) is 4.98 Å². The minimum absolute atomic E-state index is 0.00874. The molecule has 19 heavy (non-hydrogen) atoms. The number of ether oxygens (including phenoxy) is 1. The summed E-state index contributed by atoms with van der Waals surface area (Å²) in [7, 11) is 0. The molecule has 0 spiro atoms. The molecule has 1 aromatic heterocycles. The Morgan fingerprint density at radius 1 is 1.37 bits per heavy atom. The minimum atomic E-state index is -0.00874. The Labute approximate surface area is 124 Å². The van der Waals surface area contributed by atoms with Crippen LogP contribution in [0.4, 0.5) is 0 Å². The number of nitrogens with zero attached hydrogens (tertiary/aromatic N) is 1. The number of aromatic nitrogens is 1. The van der Waals surface area contributed by atoms with Gasteiger partial charge < -0.3 is 10.5 Å². The highest BCUT2D eigenvalue weighted by Gasteiger charge is 2.05. The maximum atomic E-state index is 7.34. The SMILES string of the molecule is N=C(N)c1ccc(COc2cncc(Br)c2)c(Cl)c1. The first-order valence-electron chi connectivity index (χ1n) is 5.42. The highest BCUT2D eigenvalue weighted by molar-refractivity contribution is 9.10. The van der Waals surface area contributed by atoms with E-state index in [-0.39, 0.29) is 5.84 Å². The van der Waals surface area contributed by atoms with Crippen LogP contribution in [0.3, 0.4) is 0 Å². The van der Waals surface area contributed by atoms with Crippen LogP contribution in [0.5, 0.6) is 5.75 Å². The first-order chi connectivity index (χ1) is 9.06. The van der Waals surface area contributed by atoms with E-state index in [1.54, 1.807) is 30.6 Å². The molecule has 0 atom stereocenters. The summed E-state index contributed by atoms with van der Waals surface area (Å²) in [5.41, 5.74) is 6.82. The van der Waals surface area contributed by atoms with Crippen molar-refractivity contribution in [3.8, 4) is 5.75 Å². The second-order valence-electron chi connectivity index (χ2n) is 3.85. The van der Waals surface area contributed by atoms with Gasteiger partial charge in [0.25, 0.3) is 0 Å². The fourth-order valence-electron chi connectivity index (χ4n) is 1.46. The Bertz CT molecular complexity index is 619. The Balaban J connectivity index is 2.10. The number of hydrogen-bond acceptors (Lipinski definition) is 3. The van der Waals surface area contributed by atoms with Gasteiger partial charge in [0.15, 0.2) is 0 Å². The molecule has 0 amide bonds. The summed E-state index contributed by atoms with van der Waals surface area (Å²) in [5.74, 6) is 0.645. The molecular formula is C13H11BrClN3O. The van der Waals surface area contributed by atoms with Crippen molar-refractivity contribution in [1.29, 1.82) is 5.41 Å². The predicted molar refractivity (Wildman–Crippen MR) is 78.7 cm³/mol. The minimum Gasteiger partial charge on any atom is -0.487 e. The summed E-state index contributed by atoms with van der Waals surface area (Å²) in [6.45, 7) is 0.329. The molecule has 6 heteroatoms. The van der Waals surface area contributed by atoms with Crippen LogP contribution >= 0.6 is 27.5 Å². The summed E-state index contributed by atoms with van der Waals surface area (Å²) < 4.78 is 6.44. The van der Waals surface area contributed by atoms with E-state index in [0.29, 0.717) is 22.9 Å². The molecule has 3 N–H and O–H groups in total. The van der Waals surface area contributed by atoms with Crippen molar-refractivity contribution >= 4 is 33.4 Å². The van der Waals surface area contributed by atoms with E-state index in [4.69, 9.17) is 27.5 Å². The molecule has 0 aliphatic carbocycles. The number of benzene rings is 1. The lowest BCUT2D eigenvalue weighted by Crippen LogP contribution is -2.11. The molecule has 2 rings (SSSR count). The van der Waals surface area contributed by atoms with Gasteiger partial charge in [-0.3, -0.25) is 10.4 Å². The highest BCUT2D eigenvalue weighted by atomic mass is 79.9. The molecule has 0 unspecified atom stereocenters. The van der Waals surface area contributed by atoms with Crippen molar-refractivity contribution in [2.75, 3.05) is 0 Å². The summed E-state index contributed by atoms with van der Waals surface area (Å²) in [6, 6.07) is 7.02. The average Bonchev–Trinajstić information content (AvgIpc) is 2.37. The quantitative estimate of drug-likeness (QED) is 0.662. The number of hydrogen-bond donors (Lipinski definition) is 2. The van der Waals surface area contributed by atoms with E-state index in [9.17, 15) is 0 Å². The number of rotatable bonds is 4. The van der Waals surface area contributed by atoms with Crippen LogP contribution < -0.4 is 10.5 Å². The average molecular weight is 341 g/mol. The van der Waals surface area contributed by atoms with Gasteiger partial charge in [-0.15, -0.1) is 0 Å². The monoisotopic (exact) mass is 339 g/mol. The maximum Gasteiger partial charge on any atom is 0.139 e. The second kappa shape index (κ2) is 6.04. The van der Waals surface area contributed by atoms with Crippen molar-refractivity contribution in [2.24, 2.45) is 5.73 Å². The van der Waals surface area contributed by atoms with Crippen LogP contribution in [-0.2, 0) is 6.61 Å². The molecular weight excluding hydrogens is 330 g/mol. The first kappa shape index (κ1) is 13.8. The number of amidine groups is 1. The summed E-state index contributed by atoms with van der Waals surface area (Å²) in [5, 5.41) is 7.86. The first-order valence-corrected chi connectivity index (χ1v) is 6.59. The zero-order chi connectivity index (χ0) is 13.8. The van der Waals surface area contributed by atoms with Crippen LogP contribution in [0, 0.1) is 5.41 Å².